The Balaban J connectivity index is 2.04. The summed E-state index contributed by atoms with van der Waals surface area (Å²) in [5, 5.41) is 7.00. The molecule has 1 rings (SSSR count). The first-order valence-electron chi connectivity index (χ1n) is 5.71. The molecule has 0 aliphatic carbocycles. The van der Waals surface area contributed by atoms with Gasteiger partial charge in [-0.1, -0.05) is 0 Å². The standard InChI is InChI=1S/C11H20N4OS/c1-10(8-16-2)14-11(17)13-4-3-6-15-7-5-12-9-15/h5,7,9-10H,3-4,6,8H2,1-2H3,(H2,13,14,17). The van der Waals surface area contributed by atoms with Gasteiger partial charge in [0.25, 0.3) is 0 Å². The number of nitrogens with zero attached hydrogens (tertiary/aromatic N) is 2. The Morgan fingerprint density at radius 2 is 2.41 bits per heavy atom. The van der Waals surface area contributed by atoms with Gasteiger partial charge in [0.05, 0.1) is 12.9 Å². The first-order chi connectivity index (χ1) is 8.22. The summed E-state index contributed by atoms with van der Waals surface area (Å²) >= 11 is 5.16. The number of hydrogen-bond acceptors (Lipinski definition) is 3. The van der Waals surface area contributed by atoms with Crippen LogP contribution in [0, 0.1) is 0 Å². The molecule has 96 valence electrons. The molecule has 2 N–H and O–H groups in total. The highest BCUT2D eigenvalue weighted by atomic mass is 32.1. The predicted octanol–water partition coefficient (Wildman–Crippen LogP) is 0.772. The molecule has 5 nitrogen and oxygen atoms in total. The summed E-state index contributed by atoms with van der Waals surface area (Å²) < 4.78 is 7.07. The molecule has 0 aliphatic rings. The maximum absolute atomic E-state index is 5.16. The molecule has 0 saturated heterocycles. The Morgan fingerprint density at radius 1 is 1.59 bits per heavy atom. The first-order valence-corrected chi connectivity index (χ1v) is 6.12. The normalized spacial score (nSPS) is 12.1. The van der Waals surface area contributed by atoms with Gasteiger partial charge in [-0.15, -0.1) is 0 Å². The average Bonchev–Trinajstić information content (AvgIpc) is 2.77. The Kier molecular flexibility index (Phi) is 6.57. The van der Waals surface area contributed by atoms with E-state index < -0.39 is 0 Å². The van der Waals surface area contributed by atoms with Crippen molar-refractivity contribution in [2.45, 2.75) is 25.9 Å². The topological polar surface area (TPSA) is 51.1 Å². The summed E-state index contributed by atoms with van der Waals surface area (Å²) in [7, 11) is 1.68. The Bertz CT molecular complexity index is 315. The van der Waals surface area contributed by atoms with E-state index in [0.29, 0.717) is 11.7 Å². The number of rotatable bonds is 7. The average molecular weight is 256 g/mol. The van der Waals surface area contributed by atoms with Crippen LogP contribution in [-0.2, 0) is 11.3 Å². The molecule has 1 aromatic heterocycles. The van der Waals surface area contributed by atoms with Gasteiger partial charge in [0.15, 0.2) is 5.11 Å². The van der Waals surface area contributed by atoms with Crippen LogP contribution in [0.4, 0.5) is 0 Å². The number of hydrogen-bond donors (Lipinski definition) is 2. The number of imidazole rings is 1. The van der Waals surface area contributed by atoms with Gasteiger partial charge in [-0.05, 0) is 25.6 Å². The van der Waals surface area contributed by atoms with Crippen molar-refractivity contribution < 1.29 is 4.74 Å². The largest absolute Gasteiger partial charge is 0.383 e. The van der Waals surface area contributed by atoms with Crippen LogP contribution in [0.15, 0.2) is 18.7 Å². The van der Waals surface area contributed by atoms with Crippen LogP contribution in [0.1, 0.15) is 13.3 Å². The summed E-state index contributed by atoms with van der Waals surface area (Å²) in [5.74, 6) is 0. The van der Waals surface area contributed by atoms with Crippen molar-refractivity contribution in [1.82, 2.24) is 20.2 Å². The lowest BCUT2D eigenvalue weighted by molar-refractivity contribution is 0.179. The summed E-state index contributed by atoms with van der Waals surface area (Å²) in [4.78, 5) is 3.99. The fourth-order valence-corrected chi connectivity index (χ4v) is 1.75. The molecule has 1 unspecified atom stereocenters. The Labute approximate surface area is 108 Å². The number of nitrogens with one attached hydrogen (secondary N) is 2. The van der Waals surface area contributed by atoms with Gasteiger partial charge >= 0.3 is 0 Å². The maximum atomic E-state index is 5.16. The number of thiocarbonyl (C=S) groups is 1. The molecule has 0 saturated carbocycles. The predicted molar refractivity (Wildman–Crippen MR) is 71.9 cm³/mol. The van der Waals surface area contributed by atoms with Gasteiger partial charge in [0, 0.05) is 38.6 Å². The molecule has 0 aliphatic heterocycles. The van der Waals surface area contributed by atoms with E-state index in [4.69, 9.17) is 17.0 Å². The molecule has 0 bridgehead atoms. The second-order valence-electron chi connectivity index (χ2n) is 3.91. The molecule has 0 aromatic carbocycles. The summed E-state index contributed by atoms with van der Waals surface area (Å²) in [6.07, 6.45) is 6.57. The highest BCUT2D eigenvalue weighted by molar-refractivity contribution is 7.80. The molecule has 0 amide bonds. The van der Waals surface area contributed by atoms with Crippen LogP contribution < -0.4 is 10.6 Å². The summed E-state index contributed by atoms with van der Waals surface area (Å²) in [6.45, 7) is 4.48. The fourth-order valence-electron chi connectivity index (χ4n) is 1.45. The highest BCUT2D eigenvalue weighted by Gasteiger charge is 2.02. The van der Waals surface area contributed by atoms with Crippen LogP contribution in [0.25, 0.3) is 0 Å². The minimum absolute atomic E-state index is 0.230. The number of methoxy groups -OCH3 is 1. The molecule has 0 fully saturated rings. The van der Waals surface area contributed by atoms with Crippen molar-refractivity contribution in [3.8, 4) is 0 Å². The lowest BCUT2D eigenvalue weighted by atomic mass is 10.4. The third-order valence-electron chi connectivity index (χ3n) is 2.23. The maximum Gasteiger partial charge on any atom is 0.166 e. The third kappa shape index (κ3) is 6.23. The molecular formula is C11H20N4OS. The molecule has 0 radical (unpaired) electrons. The smallest absolute Gasteiger partial charge is 0.166 e. The van der Waals surface area contributed by atoms with Crippen molar-refractivity contribution in [2.75, 3.05) is 20.3 Å². The van der Waals surface area contributed by atoms with Gasteiger partial charge < -0.3 is 19.9 Å². The molecule has 1 aromatic rings. The molecule has 17 heavy (non-hydrogen) atoms. The zero-order valence-electron chi connectivity index (χ0n) is 10.3. The third-order valence-corrected chi connectivity index (χ3v) is 2.49. The minimum atomic E-state index is 0.230. The van der Waals surface area contributed by atoms with E-state index in [2.05, 4.69) is 15.6 Å². The van der Waals surface area contributed by atoms with E-state index in [9.17, 15) is 0 Å². The minimum Gasteiger partial charge on any atom is -0.383 e. The first kappa shape index (κ1) is 13.9. The van der Waals surface area contributed by atoms with Crippen LogP contribution in [0.5, 0.6) is 0 Å². The van der Waals surface area contributed by atoms with E-state index in [1.54, 1.807) is 13.3 Å². The van der Waals surface area contributed by atoms with E-state index in [0.717, 1.165) is 19.5 Å². The molecule has 6 heteroatoms. The molecule has 0 spiro atoms. The molecule has 1 heterocycles. The molecule has 1 atom stereocenters. The van der Waals surface area contributed by atoms with E-state index in [-0.39, 0.29) is 6.04 Å². The summed E-state index contributed by atoms with van der Waals surface area (Å²) in [5.41, 5.74) is 0. The van der Waals surface area contributed by atoms with Crippen molar-refractivity contribution in [1.29, 1.82) is 0 Å². The van der Waals surface area contributed by atoms with Crippen molar-refractivity contribution in [3.63, 3.8) is 0 Å². The number of aryl methyl sites for hydroxylation is 1. The number of ether oxygens (including phenoxy) is 1. The van der Waals surface area contributed by atoms with Gasteiger partial charge in [0.2, 0.25) is 0 Å². The van der Waals surface area contributed by atoms with E-state index >= 15 is 0 Å². The molecular weight excluding hydrogens is 236 g/mol. The summed E-state index contributed by atoms with van der Waals surface area (Å²) in [6, 6.07) is 0.230. The lowest BCUT2D eigenvalue weighted by Gasteiger charge is -2.16. The fraction of sp³-hybridized carbons (Fsp3) is 0.636. The highest BCUT2D eigenvalue weighted by Crippen LogP contribution is 1.89. The van der Waals surface area contributed by atoms with Gasteiger partial charge in [-0.2, -0.15) is 0 Å². The van der Waals surface area contributed by atoms with Crippen LogP contribution in [-0.4, -0.2) is 41.0 Å². The second-order valence-corrected chi connectivity index (χ2v) is 4.32. The van der Waals surface area contributed by atoms with E-state index in [1.807, 2.05) is 24.0 Å². The lowest BCUT2D eigenvalue weighted by Crippen LogP contribution is -2.42. The van der Waals surface area contributed by atoms with Crippen LogP contribution in [0.3, 0.4) is 0 Å². The van der Waals surface area contributed by atoms with E-state index in [1.165, 1.54) is 0 Å². The van der Waals surface area contributed by atoms with Crippen LogP contribution >= 0.6 is 12.2 Å². The Hall–Kier alpha value is -1.14. The number of aromatic nitrogens is 2. The zero-order chi connectivity index (χ0) is 12.5. The van der Waals surface area contributed by atoms with Crippen LogP contribution in [0.2, 0.25) is 0 Å². The van der Waals surface area contributed by atoms with Gasteiger partial charge in [-0.25, -0.2) is 4.98 Å². The van der Waals surface area contributed by atoms with Gasteiger partial charge in [0.1, 0.15) is 0 Å². The second kappa shape index (κ2) is 8.03. The SMILES string of the molecule is COCC(C)NC(=S)NCCCn1ccnc1. The van der Waals surface area contributed by atoms with Crippen molar-refractivity contribution in [3.05, 3.63) is 18.7 Å². The van der Waals surface area contributed by atoms with Crippen molar-refractivity contribution in [2.24, 2.45) is 0 Å². The monoisotopic (exact) mass is 256 g/mol. The Morgan fingerprint density at radius 3 is 3.06 bits per heavy atom. The zero-order valence-corrected chi connectivity index (χ0v) is 11.2. The van der Waals surface area contributed by atoms with Gasteiger partial charge in [-0.3, -0.25) is 0 Å². The van der Waals surface area contributed by atoms with Crippen molar-refractivity contribution >= 4 is 17.3 Å². The quantitative estimate of drug-likeness (QED) is 0.557.